The van der Waals surface area contributed by atoms with E-state index in [1.54, 1.807) is 17.5 Å². The summed E-state index contributed by atoms with van der Waals surface area (Å²) in [5.74, 6) is 0.404. The van der Waals surface area contributed by atoms with Crippen molar-refractivity contribution in [1.82, 2.24) is 9.97 Å². The van der Waals surface area contributed by atoms with Gasteiger partial charge in [0.2, 0.25) is 5.91 Å². The summed E-state index contributed by atoms with van der Waals surface area (Å²) in [6, 6.07) is 12.0. The number of nitrogens with zero attached hydrogens (tertiary/aromatic N) is 2. The van der Waals surface area contributed by atoms with Crippen LogP contribution in [0.4, 0.5) is 5.82 Å². The lowest BCUT2D eigenvalue weighted by atomic mass is 10.1. The first-order chi connectivity index (χ1) is 10.6. The Bertz CT molecular complexity index is 826. The molecule has 22 heavy (non-hydrogen) atoms. The van der Waals surface area contributed by atoms with Crippen LogP contribution in [0.2, 0.25) is 0 Å². The van der Waals surface area contributed by atoms with Crippen LogP contribution in [0.5, 0.6) is 0 Å². The van der Waals surface area contributed by atoms with Crippen LogP contribution in [0.25, 0.3) is 21.8 Å². The van der Waals surface area contributed by atoms with Gasteiger partial charge in [0.05, 0.1) is 5.69 Å². The van der Waals surface area contributed by atoms with Crippen molar-refractivity contribution in [2.24, 2.45) is 0 Å². The molecule has 0 atom stereocenters. The molecule has 2 aromatic heterocycles. The molecule has 0 fully saturated rings. The maximum absolute atomic E-state index is 11.1. The summed E-state index contributed by atoms with van der Waals surface area (Å²) < 4.78 is 0. The van der Waals surface area contributed by atoms with Crippen LogP contribution in [0.15, 0.2) is 48.0 Å². The molecule has 0 spiro atoms. The van der Waals surface area contributed by atoms with E-state index in [0.29, 0.717) is 5.82 Å². The lowest BCUT2D eigenvalue weighted by Crippen LogP contribution is -2.07. The zero-order valence-corrected chi connectivity index (χ0v) is 13.1. The summed E-state index contributed by atoms with van der Waals surface area (Å²) in [5.41, 5.74) is 4.23. The third-order valence-electron chi connectivity index (χ3n) is 3.13. The van der Waals surface area contributed by atoms with Gasteiger partial charge in [-0.2, -0.15) is 0 Å². The van der Waals surface area contributed by atoms with E-state index in [-0.39, 0.29) is 5.91 Å². The minimum atomic E-state index is -0.135. The number of thiazole rings is 1. The largest absolute Gasteiger partial charge is 0.311 e. The van der Waals surface area contributed by atoms with Crippen molar-refractivity contribution >= 4 is 23.1 Å². The number of carbonyl (C=O) groups excluding carboxylic acids is 1. The third kappa shape index (κ3) is 3.20. The van der Waals surface area contributed by atoms with E-state index in [2.05, 4.69) is 35.4 Å². The van der Waals surface area contributed by atoms with Gasteiger partial charge >= 0.3 is 0 Å². The Balaban J connectivity index is 1.92. The summed E-state index contributed by atoms with van der Waals surface area (Å²) in [5, 5.41) is 5.64. The second kappa shape index (κ2) is 6.07. The van der Waals surface area contributed by atoms with E-state index in [0.717, 1.165) is 21.8 Å². The van der Waals surface area contributed by atoms with E-state index in [1.165, 1.54) is 12.5 Å². The minimum Gasteiger partial charge on any atom is -0.311 e. The van der Waals surface area contributed by atoms with E-state index in [4.69, 9.17) is 4.98 Å². The topological polar surface area (TPSA) is 54.9 Å². The molecule has 0 saturated heterocycles. The van der Waals surface area contributed by atoms with E-state index >= 15 is 0 Å². The zero-order chi connectivity index (χ0) is 15.5. The molecule has 1 aromatic carbocycles. The Kier molecular flexibility index (Phi) is 3.98. The van der Waals surface area contributed by atoms with Crippen LogP contribution in [-0.4, -0.2) is 15.9 Å². The summed E-state index contributed by atoms with van der Waals surface area (Å²) in [6.45, 7) is 3.53. The van der Waals surface area contributed by atoms with Gasteiger partial charge in [-0.25, -0.2) is 9.97 Å². The first kappa shape index (κ1) is 14.4. The van der Waals surface area contributed by atoms with Crippen LogP contribution in [0.1, 0.15) is 12.5 Å². The lowest BCUT2D eigenvalue weighted by molar-refractivity contribution is -0.114. The fraction of sp³-hybridized carbons (Fsp3) is 0.118. The van der Waals surface area contributed by atoms with Crippen molar-refractivity contribution < 1.29 is 4.79 Å². The molecule has 0 aliphatic heterocycles. The van der Waals surface area contributed by atoms with Crippen molar-refractivity contribution in [2.75, 3.05) is 5.32 Å². The number of hydrogen-bond acceptors (Lipinski definition) is 4. The van der Waals surface area contributed by atoms with Crippen LogP contribution >= 0.6 is 11.3 Å². The number of amides is 1. The molecule has 5 heteroatoms. The smallest absolute Gasteiger partial charge is 0.222 e. The summed E-state index contributed by atoms with van der Waals surface area (Å²) in [6.07, 6.45) is 1.67. The van der Waals surface area contributed by atoms with Crippen molar-refractivity contribution in [1.29, 1.82) is 0 Å². The Labute approximate surface area is 132 Å². The fourth-order valence-electron chi connectivity index (χ4n) is 2.16. The minimum absolute atomic E-state index is 0.135. The van der Waals surface area contributed by atoms with Gasteiger partial charge < -0.3 is 5.32 Å². The molecule has 110 valence electrons. The number of benzene rings is 1. The summed E-state index contributed by atoms with van der Waals surface area (Å²) in [4.78, 5) is 19.9. The fourth-order valence-corrected chi connectivity index (χ4v) is 2.98. The number of anilines is 1. The van der Waals surface area contributed by atoms with Gasteiger partial charge in [0.15, 0.2) is 0 Å². The molecule has 0 aliphatic rings. The molecular formula is C17H15N3OS. The Morgan fingerprint density at radius 2 is 2.05 bits per heavy atom. The van der Waals surface area contributed by atoms with Crippen molar-refractivity contribution in [3.8, 4) is 21.8 Å². The SMILES string of the molecule is CC(=O)Nc1cc(-c2nc(-c3cccc(C)c3)cs2)ccn1. The van der Waals surface area contributed by atoms with Gasteiger partial charge in [-0.1, -0.05) is 23.8 Å². The number of aryl methyl sites for hydroxylation is 1. The zero-order valence-electron chi connectivity index (χ0n) is 12.3. The highest BCUT2D eigenvalue weighted by Gasteiger charge is 2.08. The number of carbonyl (C=O) groups is 1. The normalized spacial score (nSPS) is 10.5. The maximum Gasteiger partial charge on any atom is 0.222 e. The van der Waals surface area contributed by atoms with Crippen LogP contribution in [0, 0.1) is 6.92 Å². The van der Waals surface area contributed by atoms with Crippen molar-refractivity contribution in [3.05, 3.63) is 53.5 Å². The van der Waals surface area contributed by atoms with Crippen molar-refractivity contribution in [3.63, 3.8) is 0 Å². The molecule has 1 amide bonds. The van der Waals surface area contributed by atoms with Gasteiger partial charge in [-0.15, -0.1) is 11.3 Å². The second-order valence-electron chi connectivity index (χ2n) is 5.02. The molecular weight excluding hydrogens is 294 g/mol. The van der Waals surface area contributed by atoms with E-state index < -0.39 is 0 Å². The maximum atomic E-state index is 11.1. The number of rotatable bonds is 3. The molecule has 2 heterocycles. The Morgan fingerprint density at radius 1 is 1.18 bits per heavy atom. The quantitative estimate of drug-likeness (QED) is 0.791. The molecule has 0 unspecified atom stereocenters. The number of nitrogens with one attached hydrogen (secondary N) is 1. The van der Waals surface area contributed by atoms with Crippen LogP contribution < -0.4 is 5.32 Å². The Morgan fingerprint density at radius 3 is 2.82 bits per heavy atom. The molecule has 4 nitrogen and oxygen atoms in total. The highest BCUT2D eigenvalue weighted by Crippen LogP contribution is 2.29. The van der Waals surface area contributed by atoms with Crippen LogP contribution in [-0.2, 0) is 4.79 Å². The molecule has 3 aromatic rings. The molecule has 0 bridgehead atoms. The summed E-state index contributed by atoms with van der Waals surface area (Å²) >= 11 is 1.58. The number of hydrogen-bond donors (Lipinski definition) is 1. The van der Waals surface area contributed by atoms with Gasteiger partial charge in [0.1, 0.15) is 10.8 Å². The monoisotopic (exact) mass is 309 g/mol. The van der Waals surface area contributed by atoms with Gasteiger partial charge in [0, 0.05) is 29.6 Å². The molecule has 0 saturated carbocycles. The highest BCUT2D eigenvalue weighted by molar-refractivity contribution is 7.13. The molecule has 3 rings (SSSR count). The molecule has 0 radical (unpaired) electrons. The number of aromatic nitrogens is 2. The third-order valence-corrected chi connectivity index (χ3v) is 4.02. The van der Waals surface area contributed by atoms with E-state index in [9.17, 15) is 4.79 Å². The lowest BCUT2D eigenvalue weighted by Gasteiger charge is -2.02. The average molecular weight is 309 g/mol. The van der Waals surface area contributed by atoms with Gasteiger partial charge in [0.25, 0.3) is 0 Å². The Hall–Kier alpha value is -2.53. The molecule has 1 N–H and O–H groups in total. The number of pyridine rings is 1. The van der Waals surface area contributed by atoms with E-state index in [1.807, 2.05) is 23.6 Å². The van der Waals surface area contributed by atoms with Crippen molar-refractivity contribution in [2.45, 2.75) is 13.8 Å². The van der Waals surface area contributed by atoms with Gasteiger partial charge in [-0.3, -0.25) is 4.79 Å². The second-order valence-corrected chi connectivity index (χ2v) is 5.88. The highest BCUT2D eigenvalue weighted by atomic mass is 32.1. The standard InChI is InChI=1S/C17H15N3OS/c1-11-4-3-5-13(8-11)15-10-22-17(20-15)14-6-7-18-16(9-14)19-12(2)21/h3-10H,1-2H3,(H,18,19,21). The first-order valence-electron chi connectivity index (χ1n) is 6.88. The van der Waals surface area contributed by atoms with Gasteiger partial charge in [-0.05, 0) is 25.1 Å². The van der Waals surface area contributed by atoms with Crippen LogP contribution in [0.3, 0.4) is 0 Å². The predicted molar refractivity (Wildman–Crippen MR) is 89.8 cm³/mol. The average Bonchev–Trinajstić information content (AvgIpc) is 2.97. The predicted octanol–water partition coefficient (Wildman–Crippen LogP) is 4.14. The first-order valence-corrected chi connectivity index (χ1v) is 7.76. The summed E-state index contributed by atoms with van der Waals surface area (Å²) in [7, 11) is 0. The molecule has 0 aliphatic carbocycles.